The van der Waals surface area contributed by atoms with E-state index in [0.717, 1.165) is 10.0 Å². The molecule has 2 aliphatic heterocycles. The number of fused-ring (bicyclic) bond motifs is 1. The van der Waals surface area contributed by atoms with Gasteiger partial charge in [0, 0.05) is 4.47 Å². The first-order chi connectivity index (χ1) is 6.84. The third-order valence-corrected chi connectivity index (χ3v) is 2.99. The van der Waals surface area contributed by atoms with Crippen LogP contribution in [0.2, 0.25) is 0 Å². The van der Waals surface area contributed by atoms with Crippen LogP contribution < -0.4 is 0 Å². The molecule has 0 N–H and O–H groups in total. The minimum atomic E-state index is -0.0775. The average Bonchev–Trinajstić information content (AvgIpc) is 2.95. The molecule has 0 bridgehead atoms. The molecule has 1 aromatic rings. The molecule has 14 heavy (non-hydrogen) atoms. The lowest BCUT2D eigenvalue weighted by molar-refractivity contribution is -0.339. The molecular formula is C10H9BrO3. The van der Waals surface area contributed by atoms with E-state index >= 15 is 0 Å². The largest absolute Gasteiger partial charge is 0.364 e. The van der Waals surface area contributed by atoms with Crippen molar-refractivity contribution in [2.45, 2.75) is 18.3 Å². The third-order valence-electron chi connectivity index (χ3n) is 2.50. The summed E-state index contributed by atoms with van der Waals surface area (Å²) in [5, 5.41) is 0. The van der Waals surface area contributed by atoms with Crippen LogP contribution in [0.25, 0.3) is 0 Å². The Morgan fingerprint density at radius 3 is 3.14 bits per heavy atom. The van der Waals surface area contributed by atoms with Crippen molar-refractivity contribution in [3.8, 4) is 0 Å². The molecule has 3 nitrogen and oxygen atoms in total. The van der Waals surface area contributed by atoms with Crippen LogP contribution in [0.5, 0.6) is 0 Å². The minimum Gasteiger partial charge on any atom is -0.364 e. The van der Waals surface area contributed by atoms with Crippen LogP contribution in [-0.4, -0.2) is 18.8 Å². The molecule has 4 heteroatoms. The zero-order valence-electron chi connectivity index (χ0n) is 7.35. The van der Waals surface area contributed by atoms with Crippen molar-refractivity contribution in [1.29, 1.82) is 0 Å². The van der Waals surface area contributed by atoms with E-state index in [1.165, 1.54) is 0 Å². The average molecular weight is 257 g/mol. The Hall–Kier alpha value is -0.420. The number of epoxide rings is 1. The molecule has 3 atom stereocenters. The Bertz CT molecular complexity index is 355. The Morgan fingerprint density at radius 2 is 2.29 bits per heavy atom. The molecule has 0 unspecified atom stereocenters. The summed E-state index contributed by atoms with van der Waals surface area (Å²) in [4.78, 5) is 10.2. The first kappa shape index (κ1) is 8.85. The highest BCUT2D eigenvalue weighted by molar-refractivity contribution is 9.10. The first-order valence-electron chi connectivity index (χ1n) is 4.54. The minimum absolute atomic E-state index is 0.0775. The van der Waals surface area contributed by atoms with Crippen molar-refractivity contribution in [3.05, 3.63) is 34.3 Å². The molecule has 0 radical (unpaired) electrons. The topological polar surface area (TPSA) is 31.0 Å². The van der Waals surface area contributed by atoms with Gasteiger partial charge in [-0.1, -0.05) is 28.1 Å². The maximum Gasteiger partial charge on any atom is 0.147 e. The van der Waals surface area contributed by atoms with Crippen LogP contribution >= 0.6 is 15.9 Å². The summed E-state index contributed by atoms with van der Waals surface area (Å²) in [6.45, 7) is 0.551. The fraction of sp³-hybridized carbons (Fsp3) is 0.400. The molecule has 0 amide bonds. The first-order valence-corrected chi connectivity index (χ1v) is 5.33. The molecule has 1 aromatic carbocycles. The molecule has 74 valence electrons. The van der Waals surface area contributed by atoms with Gasteiger partial charge in [-0.2, -0.15) is 0 Å². The van der Waals surface area contributed by atoms with Gasteiger partial charge in [-0.25, -0.2) is 9.78 Å². The maximum atomic E-state index is 5.42. The molecular weight excluding hydrogens is 248 g/mol. The molecule has 3 rings (SSSR count). The third kappa shape index (κ3) is 1.48. The fourth-order valence-corrected chi connectivity index (χ4v) is 2.14. The lowest BCUT2D eigenvalue weighted by Gasteiger charge is -2.18. The van der Waals surface area contributed by atoms with Gasteiger partial charge >= 0.3 is 0 Å². The Kier molecular flexibility index (Phi) is 2.09. The summed E-state index contributed by atoms with van der Waals surface area (Å²) in [7, 11) is 0. The smallest absolute Gasteiger partial charge is 0.147 e. The maximum absolute atomic E-state index is 5.42. The monoisotopic (exact) mass is 256 g/mol. The second-order valence-corrected chi connectivity index (χ2v) is 4.41. The standard InChI is InChI=1S/C10H9BrO3/c11-7-3-1-2-6(4-7)9-10-8(13-10)5-12-14-9/h1-4,8-10H,5H2/t8-,9+,10-/m0/s1. The van der Waals surface area contributed by atoms with E-state index in [9.17, 15) is 0 Å². The van der Waals surface area contributed by atoms with Crippen LogP contribution in [0.1, 0.15) is 11.7 Å². The van der Waals surface area contributed by atoms with Crippen LogP contribution in [0, 0.1) is 0 Å². The van der Waals surface area contributed by atoms with Gasteiger partial charge in [0.25, 0.3) is 0 Å². The second-order valence-electron chi connectivity index (χ2n) is 3.50. The zero-order chi connectivity index (χ0) is 9.54. The number of ether oxygens (including phenoxy) is 1. The van der Waals surface area contributed by atoms with Crippen molar-refractivity contribution in [2.75, 3.05) is 6.61 Å². The summed E-state index contributed by atoms with van der Waals surface area (Å²) in [6.07, 6.45) is 0.331. The Morgan fingerprint density at radius 1 is 1.36 bits per heavy atom. The van der Waals surface area contributed by atoms with Crippen LogP contribution in [0.4, 0.5) is 0 Å². The van der Waals surface area contributed by atoms with Gasteiger partial charge < -0.3 is 4.74 Å². The van der Waals surface area contributed by atoms with Crippen LogP contribution in [0.15, 0.2) is 28.7 Å². The summed E-state index contributed by atoms with van der Waals surface area (Å²) in [6, 6.07) is 8.01. The van der Waals surface area contributed by atoms with E-state index in [1.54, 1.807) is 0 Å². The van der Waals surface area contributed by atoms with E-state index < -0.39 is 0 Å². The predicted octanol–water partition coefficient (Wildman–Crippen LogP) is 2.22. The molecule has 0 spiro atoms. The van der Waals surface area contributed by atoms with E-state index in [0.29, 0.717) is 6.61 Å². The number of benzene rings is 1. The van der Waals surface area contributed by atoms with E-state index in [-0.39, 0.29) is 18.3 Å². The molecule has 2 heterocycles. The van der Waals surface area contributed by atoms with Gasteiger partial charge in [0.2, 0.25) is 0 Å². The summed E-state index contributed by atoms with van der Waals surface area (Å²) < 4.78 is 6.46. The molecule has 2 saturated heterocycles. The molecule has 0 aromatic heterocycles. The second kappa shape index (κ2) is 3.31. The van der Waals surface area contributed by atoms with Crippen molar-refractivity contribution >= 4 is 15.9 Å². The molecule has 2 fully saturated rings. The SMILES string of the molecule is Brc1cccc([C@H]2OOC[C@@H]3O[C@@H]32)c1. The summed E-state index contributed by atoms with van der Waals surface area (Å²) >= 11 is 3.43. The van der Waals surface area contributed by atoms with Crippen molar-refractivity contribution < 1.29 is 14.5 Å². The number of rotatable bonds is 1. The molecule has 2 aliphatic rings. The van der Waals surface area contributed by atoms with Gasteiger partial charge in [-0.3, -0.25) is 0 Å². The quantitative estimate of drug-likeness (QED) is 0.571. The van der Waals surface area contributed by atoms with Gasteiger partial charge in [0.05, 0.1) is 0 Å². The summed E-state index contributed by atoms with van der Waals surface area (Å²) in [5.41, 5.74) is 1.09. The van der Waals surface area contributed by atoms with Gasteiger partial charge in [-0.15, -0.1) is 0 Å². The van der Waals surface area contributed by atoms with Crippen molar-refractivity contribution in [2.24, 2.45) is 0 Å². The highest BCUT2D eigenvalue weighted by Crippen LogP contribution is 2.41. The normalized spacial score (nSPS) is 35.1. The molecule has 0 saturated carbocycles. The number of hydrogen-bond acceptors (Lipinski definition) is 3. The number of hydrogen-bond donors (Lipinski definition) is 0. The highest BCUT2D eigenvalue weighted by Gasteiger charge is 2.50. The van der Waals surface area contributed by atoms with E-state index in [4.69, 9.17) is 14.5 Å². The van der Waals surface area contributed by atoms with Crippen molar-refractivity contribution in [1.82, 2.24) is 0 Å². The number of halogens is 1. The summed E-state index contributed by atoms with van der Waals surface area (Å²) in [5.74, 6) is 0. The zero-order valence-corrected chi connectivity index (χ0v) is 8.94. The Balaban J connectivity index is 1.87. The highest BCUT2D eigenvalue weighted by atomic mass is 79.9. The van der Waals surface area contributed by atoms with Crippen LogP contribution in [-0.2, 0) is 14.5 Å². The van der Waals surface area contributed by atoms with E-state index in [2.05, 4.69) is 15.9 Å². The predicted molar refractivity (Wildman–Crippen MR) is 52.6 cm³/mol. The van der Waals surface area contributed by atoms with E-state index in [1.807, 2.05) is 24.3 Å². The lowest BCUT2D eigenvalue weighted by atomic mass is 10.0. The fourth-order valence-electron chi connectivity index (χ4n) is 1.72. The van der Waals surface area contributed by atoms with Crippen molar-refractivity contribution in [3.63, 3.8) is 0 Å². The lowest BCUT2D eigenvalue weighted by Crippen LogP contribution is -2.22. The van der Waals surface area contributed by atoms with Gasteiger partial charge in [0.15, 0.2) is 0 Å². The van der Waals surface area contributed by atoms with Gasteiger partial charge in [0.1, 0.15) is 24.9 Å². The molecule has 0 aliphatic carbocycles. The Labute approximate surface area is 90.0 Å². The van der Waals surface area contributed by atoms with Crippen LogP contribution in [0.3, 0.4) is 0 Å². The van der Waals surface area contributed by atoms with Gasteiger partial charge in [-0.05, 0) is 17.7 Å².